The highest BCUT2D eigenvalue weighted by Crippen LogP contribution is 2.30. The Morgan fingerprint density at radius 1 is 1.35 bits per heavy atom. The van der Waals surface area contributed by atoms with E-state index in [0.717, 1.165) is 12.8 Å². The van der Waals surface area contributed by atoms with Crippen molar-refractivity contribution in [3.63, 3.8) is 0 Å². The van der Waals surface area contributed by atoms with Crippen molar-refractivity contribution in [2.45, 2.75) is 33.1 Å². The van der Waals surface area contributed by atoms with Crippen LogP contribution in [0.15, 0.2) is 12.4 Å². The van der Waals surface area contributed by atoms with E-state index >= 15 is 0 Å². The third-order valence-electron chi connectivity index (χ3n) is 3.06. The zero-order valence-electron chi connectivity index (χ0n) is 11.8. The van der Waals surface area contributed by atoms with E-state index in [1.165, 1.54) is 17.8 Å². The van der Waals surface area contributed by atoms with Crippen LogP contribution in [0.1, 0.15) is 42.8 Å². The number of thiophene rings is 1. The molecule has 0 aliphatic carbocycles. The highest BCUT2D eigenvalue weighted by Gasteiger charge is 2.17. The van der Waals surface area contributed by atoms with Crippen LogP contribution in [0.5, 0.6) is 0 Å². The van der Waals surface area contributed by atoms with Gasteiger partial charge in [0.25, 0.3) is 5.91 Å². The van der Waals surface area contributed by atoms with Gasteiger partial charge in [0, 0.05) is 18.9 Å². The lowest BCUT2D eigenvalue weighted by atomic mass is 10.1. The molecule has 2 heterocycles. The summed E-state index contributed by atoms with van der Waals surface area (Å²) in [4.78, 5) is 21.6. The molecule has 0 saturated carbocycles. The number of carbonyl (C=O) groups is 1. The van der Waals surface area contributed by atoms with Crippen molar-refractivity contribution < 1.29 is 4.79 Å². The Balaban J connectivity index is 1.93. The first-order chi connectivity index (χ1) is 9.59. The second-order valence-electron chi connectivity index (χ2n) is 5.20. The van der Waals surface area contributed by atoms with E-state index in [2.05, 4.69) is 29.1 Å². The van der Waals surface area contributed by atoms with Crippen molar-refractivity contribution >= 4 is 33.3 Å². The van der Waals surface area contributed by atoms with Crippen molar-refractivity contribution in [2.75, 3.05) is 12.3 Å². The Morgan fingerprint density at radius 3 is 2.80 bits per heavy atom. The number of hydrogen-bond donors (Lipinski definition) is 2. The van der Waals surface area contributed by atoms with Crippen LogP contribution in [0, 0.1) is 5.92 Å². The molecule has 2 rings (SSSR count). The SMILES string of the molecule is CC(C)CCCCNC(=O)c1sc2nccnc2c1N. The van der Waals surface area contributed by atoms with Gasteiger partial charge in [-0.2, -0.15) is 0 Å². The molecule has 0 aliphatic rings. The van der Waals surface area contributed by atoms with Crippen LogP contribution in [0.25, 0.3) is 10.3 Å². The first-order valence-corrected chi connectivity index (χ1v) is 7.68. The molecule has 6 heteroatoms. The Kier molecular flexibility index (Phi) is 4.89. The standard InChI is InChI=1S/C14H20N4OS/c1-9(2)5-3-4-6-17-13(19)12-10(15)11-14(20-12)18-8-7-16-11/h7-9H,3-6,15H2,1-2H3,(H,17,19). The van der Waals surface area contributed by atoms with E-state index in [9.17, 15) is 4.79 Å². The Morgan fingerprint density at radius 2 is 2.10 bits per heavy atom. The van der Waals surface area contributed by atoms with Gasteiger partial charge in [0.15, 0.2) is 0 Å². The Hall–Kier alpha value is -1.69. The van der Waals surface area contributed by atoms with Gasteiger partial charge in [-0.1, -0.05) is 26.7 Å². The van der Waals surface area contributed by atoms with E-state index < -0.39 is 0 Å². The summed E-state index contributed by atoms with van der Waals surface area (Å²) in [7, 11) is 0. The molecule has 1 amide bonds. The van der Waals surface area contributed by atoms with Gasteiger partial charge in [-0.3, -0.25) is 4.79 Å². The van der Waals surface area contributed by atoms with Crippen LogP contribution in [0.2, 0.25) is 0 Å². The second kappa shape index (κ2) is 6.65. The number of aromatic nitrogens is 2. The summed E-state index contributed by atoms with van der Waals surface area (Å²) in [5.41, 5.74) is 7.00. The number of hydrogen-bond acceptors (Lipinski definition) is 5. The number of carbonyl (C=O) groups excluding carboxylic acids is 1. The van der Waals surface area contributed by atoms with Crippen LogP contribution in [0.4, 0.5) is 5.69 Å². The minimum atomic E-state index is -0.128. The van der Waals surface area contributed by atoms with Crippen LogP contribution in [-0.2, 0) is 0 Å². The number of amides is 1. The van der Waals surface area contributed by atoms with Crippen molar-refractivity contribution in [1.29, 1.82) is 0 Å². The fourth-order valence-corrected chi connectivity index (χ4v) is 2.91. The van der Waals surface area contributed by atoms with Gasteiger partial charge in [-0.05, 0) is 12.3 Å². The minimum Gasteiger partial charge on any atom is -0.396 e. The summed E-state index contributed by atoms with van der Waals surface area (Å²) in [5.74, 6) is 0.581. The minimum absolute atomic E-state index is 0.128. The van der Waals surface area contributed by atoms with Crippen molar-refractivity contribution in [3.05, 3.63) is 17.3 Å². The van der Waals surface area contributed by atoms with Crippen LogP contribution in [-0.4, -0.2) is 22.4 Å². The topological polar surface area (TPSA) is 80.9 Å². The van der Waals surface area contributed by atoms with Gasteiger partial charge < -0.3 is 11.1 Å². The lowest BCUT2D eigenvalue weighted by Crippen LogP contribution is -2.24. The molecular weight excluding hydrogens is 272 g/mol. The van der Waals surface area contributed by atoms with Gasteiger partial charge in [0.05, 0.1) is 5.69 Å². The van der Waals surface area contributed by atoms with E-state index in [1.807, 2.05) is 0 Å². The first kappa shape index (κ1) is 14.7. The fourth-order valence-electron chi connectivity index (χ4n) is 1.97. The molecule has 0 aromatic carbocycles. The lowest BCUT2D eigenvalue weighted by molar-refractivity contribution is 0.0958. The summed E-state index contributed by atoms with van der Waals surface area (Å²) >= 11 is 1.29. The summed E-state index contributed by atoms with van der Waals surface area (Å²) < 4.78 is 0. The van der Waals surface area contributed by atoms with E-state index in [-0.39, 0.29) is 5.91 Å². The summed E-state index contributed by atoms with van der Waals surface area (Å²) in [6.07, 6.45) is 6.49. The molecule has 20 heavy (non-hydrogen) atoms. The molecule has 0 saturated heterocycles. The fraction of sp³-hybridized carbons (Fsp3) is 0.500. The Labute approximate surface area is 122 Å². The monoisotopic (exact) mass is 292 g/mol. The number of anilines is 1. The molecular formula is C14H20N4OS. The number of nitrogens with two attached hydrogens (primary N) is 1. The number of nitrogens with zero attached hydrogens (tertiary/aromatic N) is 2. The average molecular weight is 292 g/mol. The number of rotatable bonds is 6. The Bertz CT molecular complexity index is 594. The van der Waals surface area contributed by atoms with Gasteiger partial charge in [-0.25, -0.2) is 9.97 Å². The van der Waals surface area contributed by atoms with Crippen molar-refractivity contribution in [2.24, 2.45) is 5.92 Å². The summed E-state index contributed by atoms with van der Waals surface area (Å²) in [6.45, 7) is 5.09. The van der Waals surface area contributed by atoms with Crippen LogP contribution in [0.3, 0.4) is 0 Å². The lowest BCUT2D eigenvalue weighted by Gasteiger charge is -2.06. The summed E-state index contributed by atoms with van der Waals surface area (Å²) in [5, 5.41) is 2.91. The predicted molar refractivity (Wildman–Crippen MR) is 82.8 cm³/mol. The molecule has 3 N–H and O–H groups in total. The van der Waals surface area contributed by atoms with E-state index in [4.69, 9.17) is 5.73 Å². The number of nitrogen functional groups attached to an aromatic ring is 1. The maximum atomic E-state index is 12.1. The third kappa shape index (κ3) is 3.45. The number of fused-ring (bicyclic) bond motifs is 1. The predicted octanol–water partition coefficient (Wildman–Crippen LogP) is 2.83. The molecule has 0 atom stereocenters. The maximum Gasteiger partial charge on any atom is 0.263 e. The van der Waals surface area contributed by atoms with Crippen molar-refractivity contribution in [1.82, 2.24) is 15.3 Å². The van der Waals surface area contributed by atoms with Gasteiger partial charge in [0.2, 0.25) is 0 Å². The molecule has 108 valence electrons. The molecule has 0 aliphatic heterocycles. The van der Waals surface area contributed by atoms with Crippen molar-refractivity contribution in [3.8, 4) is 0 Å². The molecule has 0 fully saturated rings. The molecule has 0 bridgehead atoms. The molecule has 0 spiro atoms. The zero-order valence-corrected chi connectivity index (χ0v) is 12.7. The first-order valence-electron chi connectivity index (χ1n) is 6.86. The third-order valence-corrected chi connectivity index (χ3v) is 4.16. The quantitative estimate of drug-likeness (QED) is 0.802. The molecule has 5 nitrogen and oxygen atoms in total. The number of unbranched alkanes of at least 4 members (excludes halogenated alkanes) is 1. The number of nitrogens with one attached hydrogen (secondary N) is 1. The smallest absolute Gasteiger partial charge is 0.263 e. The molecule has 0 radical (unpaired) electrons. The van der Waals surface area contributed by atoms with Gasteiger partial charge in [-0.15, -0.1) is 11.3 Å². The maximum absolute atomic E-state index is 12.1. The molecule has 2 aromatic heterocycles. The van der Waals surface area contributed by atoms with E-state index in [1.54, 1.807) is 12.4 Å². The zero-order chi connectivity index (χ0) is 14.5. The van der Waals surface area contributed by atoms with E-state index in [0.29, 0.717) is 33.4 Å². The average Bonchev–Trinajstić information content (AvgIpc) is 2.76. The largest absolute Gasteiger partial charge is 0.396 e. The summed E-state index contributed by atoms with van der Waals surface area (Å²) in [6, 6.07) is 0. The normalized spacial score (nSPS) is 11.2. The second-order valence-corrected chi connectivity index (χ2v) is 6.20. The van der Waals surface area contributed by atoms with Gasteiger partial charge in [0.1, 0.15) is 15.2 Å². The van der Waals surface area contributed by atoms with Crippen LogP contribution >= 0.6 is 11.3 Å². The van der Waals surface area contributed by atoms with Gasteiger partial charge >= 0.3 is 0 Å². The van der Waals surface area contributed by atoms with Crippen LogP contribution < -0.4 is 11.1 Å². The molecule has 2 aromatic rings. The highest BCUT2D eigenvalue weighted by atomic mass is 32.1. The molecule has 0 unspecified atom stereocenters. The highest BCUT2D eigenvalue weighted by molar-refractivity contribution is 7.21.